The molecule has 0 radical (unpaired) electrons. The van der Waals surface area contributed by atoms with Crippen molar-refractivity contribution in [3.05, 3.63) is 0 Å². The van der Waals surface area contributed by atoms with Crippen molar-refractivity contribution in [3.8, 4) is 0 Å². The van der Waals surface area contributed by atoms with Gasteiger partial charge in [0, 0.05) is 18.9 Å². The number of carbonyl (C=O) groups excluding carboxylic acids is 1. The first-order chi connectivity index (χ1) is 9.62. The lowest BCUT2D eigenvalue weighted by atomic mass is 9.71. The molecule has 0 N–H and O–H groups in total. The molecular weight excluding hydrogens is 283 g/mol. The molecule has 2 aliphatic rings. The van der Waals surface area contributed by atoms with Gasteiger partial charge < -0.3 is 18.9 Å². The zero-order valence-corrected chi connectivity index (χ0v) is 12.9. The zero-order valence-electron chi connectivity index (χ0n) is 12.9. The quantitative estimate of drug-likeness (QED) is 0.745. The lowest BCUT2D eigenvalue weighted by Gasteiger charge is -2.32. The van der Waals surface area contributed by atoms with Crippen molar-refractivity contribution in [2.24, 2.45) is 0 Å². The van der Waals surface area contributed by atoms with Crippen LogP contribution < -0.4 is 0 Å². The summed E-state index contributed by atoms with van der Waals surface area (Å²) in [6, 6.07) is 0. The highest BCUT2D eigenvalue weighted by molar-refractivity contribution is 6.47. The molecule has 0 aromatic rings. The molecule has 1 amide bonds. The second-order valence-electron chi connectivity index (χ2n) is 6.58. The molecule has 2 heterocycles. The smallest absolute Gasteiger partial charge is 0.403 e. The second kappa shape index (κ2) is 5.81. The van der Waals surface area contributed by atoms with Gasteiger partial charge >= 0.3 is 13.7 Å². The molecule has 8 heteroatoms. The zero-order chi connectivity index (χ0) is 15.8. The number of hydrogen-bond acceptors (Lipinski definition) is 4. The van der Waals surface area contributed by atoms with E-state index < -0.39 is 30.3 Å². The van der Waals surface area contributed by atoms with Crippen molar-refractivity contribution < 1.29 is 27.6 Å². The Morgan fingerprint density at radius 2 is 1.90 bits per heavy atom. The van der Waals surface area contributed by atoms with Crippen LogP contribution in [0, 0.1) is 0 Å². The maximum absolute atomic E-state index is 11.9. The number of halogens is 2. The Kier molecular flexibility index (Phi) is 4.61. The van der Waals surface area contributed by atoms with E-state index in [4.69, 9.17) is 9.31 Å². The molecule has 0 aromatic heterocycles. The average molecular weight is 305 g/mol. The normalized spacial score (nSPS) is 27.7. The van der Waals surface area contributed by atoms with Gasteiger partial charge in [-0.1, -0.05) is 0 Å². The van der Waals surface area contributed by atoms with Gasteiger partial charge in [0.1, 0.15) is 6.61 Å². The summed E-state index contributed by atoms with van der Waals surface area (Å²) in [5.41, 5.74) is -0.818. The number of nitrogens with zero attached hydrogens (tertiary/aromatic N) is 1. The Bertz CT molecular complexity index is 390. The van der Waals surface area contributed by atoms with E-state index in [1.165, 1.54) is 4.90 Å². The standard InChI is InChI=1S/C13H22BF2NO4/c1-12(2)13(3,4)21-14(20-12)9-5-6-17(7-9)10(18)8-19-11(15)16/h9,11H,5-8H2,1-4H3. The van der Waals surface area contributed by atoms with Gasteiger partial charge in [0.15, 0.2) is 0 Å². The summed E-state index contributed by atoms with van der Waals surface area (Å²) < 4.78 is 39.9. The van der Waals surface area contributed by atoms with Crippen LogP contribution in [0.15, 0.2) is 0 Å². The lowest BCUT2D eigenvalue weighted by molar-refractivity contribution is -0.158. The average Bonchev–Trinajstić information content (AvgIpc) is 2.90. The van der Waals surface area contributed by atoms with Crippen LogP contribution in [0.25, 0.3) is 0 Å². The molecule has 5 nitrogen and oxygen atoms in total. The SMILES string of the molecule is CC1(C)OB(C2CCN(C(=O)COC(F)F)C2)OC1(C)C. The third-order valence-electron chi connectivity index (χ3n) is 4.57. The highest BCUT2D eigenvalue weighted by Gasteiger charge is 2.54. The fourth-order valence-corrected chi connectivity index (χ4v) is 2.54. The third kappa shape index (κ3) is 3.55. The van der Waals surface area contributed by atoms with Crippen molar-refractivity contribution in [1.29, 1.82) is 0 Å². The van der Waals surface area contributed by atoms with Crippen LogP contribution in [0.4, 0.5) is 8.78 Å². The Morgan fingerprint density at radius 1 is 1.33 bits per heavy atom. The second-order valence-corrected chi connectivity index (χ2v) is 6.58. The van der Waals surface area contributed by atoms with Gasteiger partial charge in [-0.15, -0.1) is 0 Å². The van der Waals surface area contributed by atoms with E-state index in [0.29, 0.717) is 13.1 Å². The Morgan fingerprint density at radius 3 is 2.43 bits per heavy atom. The van der Waals surface area contributed by atoms with E-state index in [0.717, 1.165) is 6.42 Å². The van der Waals surface area contributed by atoms with E-state index >= 15 is 0 Å². The minimum Gasteiger partial charge on any atom is -0.403 e. The minimum atomic E-state index is -2.92. The van der Waals surface area contributed by atoms with Gasteiger partial charge in [0.05, 0.1) is 11.2 Å². The number of amides is 1. The fourth-order valence-electron chi connectivity index (χ4n) is 2.54. The maximum Gasteiger partial charge on any atom is 0.463 e. The molecule has 0 bridgehead atoms. The number of carbonyl (C=O) groups is 1. The molecule has 2 rings (SSSR count). The summed E-state index contributed by atoms with van der Waals surface area (Å²) in [5.74, 6) is -0.365. The van der Waals surface area contributed by atoms with Crippen molar-refractivity contribution in [1.82, 2.24) is 4.90 Å². The van der Waals surface area contributed by atoms with Crippen LogP contribution >= 0.6 is 0 Å². The molecule has 0 aromatic carbocycles. The van der Waals surface area contributed by atoms with E-state index in [1.807, 2.05) is 27.7 Å². The summed E-state index contributed by atoms with van der Waals surface area (Å²) in [4.78, 5) is 13.3. The molecule has 2 saturated heterocycles. The van der Waals surface area contributed by atoms with Crippen molar-refractivity contribution in [2.75, 3.05) is 19.7 Å². The predicted molar refractivity (Wildman–Crippen MR) is 73.0 cm³/mol. The fraction of sp³-hybridized carbons (Fsp3) is 0.923. The van der Waals surface area contributed by atoms with Crippen LogP contribution in [0.5, 0.6) is 0 Å². The van der Waals surface area contributed by atoms with Gasteiger partial charge in [0.25, 0.3) is 0 Å². The van der Waals surface area contributed by atoms with E-state index in [9.17, 15) is 13.6 Å². The molecule has 21 heavy (non-hydrogen) atoms. The van der Waals surface area contributed by atoms with Crippen LogP contribution in [-0.2, 0) is 18.8 Å². The summed E-state index contributed by atoms with van der Waals surface area (Å²) in [6.07, 6.45) is 0.733. The minimum absolute atomic E-state index is 0.0570. The highest BCUT2D eigenvalue weighted by atomic mass is 19.3. The summed E-state index contributed by atoms with van der Waals surface area (Å²) in [5, 5.41) is 0. The van der Waals surface area contributed by atoms with E-state index in [2.05, 4.69) is 4.74 Å². The molecule has 0 spiro atoms. The van der Waals surface area contributed by atoms with Crippen molar-refractivity contribution in [2.45, 2.75) is 57.7 Å². The largest absolute Gasteiger partial charge is 0.463 e. The molecular formula is C13H22BF2NO4. The lowest BCUT2D eigenvalue weighted by Crippen LogP contribution is -2.41. The van der Waals surface area contributed by atoms with Gasteiger partial charge in [-0.3, -0.25) is 4.79 Å². The summed E-state index contributed by atoms with van der Waals surface area (Å²) in [6.45, 7) is 5.34. The van der Waals surface area contributed by atoms with Crippen LogP contribution in [0.3, 0.4) is 0 Å². The molecule has 2 fully saturated rings. The number of ether oxygens (including phenoxy) is 1. The Hall–Kier alpha value is -0.725. The van der Waals surface area contributed by atoms with Crippen LogP contribution in [0.2, 0.25) is 5.82 Å². The van der Waals surface area contributed by atoms with Crippen LogP contribution in [0.1, 0.15) is 34.1 Å². The molecule has 0 aliphatic carbocycles. The Balaban J connectivity index is 1.87. The first-order valence-corrected chi connectivity index (χ1v) is 7.15. The van der Waals surface area contributed by atoms with Crippen molar-refractivity contribution >= 4 is 13.0 Å². The van der Waals surface area contributed by atoms with Crippen LogP contribution in [-0.4, -0.2) is 55.4 Å². The van der Waals surface area contributed by atoms with Gasteiger partial charge in [-0.05, 0) is 34.1 Å². The number of alkyl halides is 2. The molecule has 2 aliphatic heterocycles. The summed E-state index contributed by atoms with van der Waals surface area (Å²) in [7, 11) is -0.371. The monoisotopic (exact) mass is 305 g/mol. The molecule has 0 saturated carbocycles. The molecule has 120 valence electrons. The molecule has 1 unspecified atom stereocenters. The first-order valence-electron chi connectivity index (χ1n) is 7.15. The van der Waals surface area contributed by atoms with Crippen molar-refractivity contribution in [3.63, 3.8) is 0 Å². The predicted octanol–water partition coefficient (Wildman–Crippen LogP) is 1.92. The van der Waals surface area contributed by atoms with Gasteiger partial charge in [-0.25, -0.2) is 0 Å². The molecule has 1 atom stereocenters. The third-order valence-corrected chi connectivity index (χ3v) is 4.57. The van der Waals surface area contributed by atoms with E-state index in [-0.39, 0.29) is 12.9 Å². The van der Waals surface area contributed by atoms with Gasteiger partial charge in [0.2, 0.25) is 5.91 Å². The number of hydrogen-bond donors (Lipinski definition) is 0. The van der Waals surface area contributed by atoms with Gasteiger partial charge in [-0.2, -0.15) is 8.78 Å². The number of likely N-dealkylation sites (tertiary alicyclic amines) is 1. The Labute approximate surface area is 124 Å². The maximum atomic E-state index is 11.9. The number of rotatable bonds is 4. The topological polar surface area (TPSA) is 48.0 Å². The highest BCUT2D eigenvalue weighted by Crippen LogP contribution is 2.42. The van der Waals surface area contributed by atoms with E-state index in [1.54, 1.807) is 0 Å². The first kappa shape index (κ1) is 16.6. The summed E-state index contributed by atoms with van der Waals surface area (Å²) >= 11 is 0.